The fraction of sp³-hybridized carbons (Fsp3) is 0.579. The third kappa shape index (κ3) is 4.04. The Bertz CT molecular complexity index is 1130. The molecule has 2 aliphatic rings. The zero-order chi connectivity index (χ0) is 20.0. The smallest absolute Gasteiger partial charge is 0.229 e. The van der Waals surface area contributed by atoms with Crippen LogP contribution in [0.2, 0.25) is 0 Å². The van der Waals surface area contributed by atoms with Crippen LogP contribution in [0.3, 0.4) is 0 Å². The molecule has 1 unspecified atom stereocenters. The molecule has 2 fully saturated rings. The van der Waals surface area contributed by atoms with Crippen molar-refractivity contribution < 1.29 is 8.42 Å². The second-order valence-electron chi connectivity index (χ2n) is 7.94. The molecule has 11 heteroatoms. The molecular weight excluding hydrogens is 404 g/mol. The highest BCUT2D eigenvalue weighted by atomic mass is 32.2. The van der Waals surface area contributed by atoms with Gasteiger partial charge in [-0.25, -0.2) is 22.4 Å². The number of sulfonamides is 1. The third-order valence-corrected chi connectivity index (χ3v) is 7.92. The molecule has 0 aromatic carbocycles. The number of piperidine rings is 1. The van der Waals surface area contributed by atoms with E-state index >= 15 is 0 Å². The topological polar surface area (TPSA) is 111 Å². The number of fused-ring (bicyclic) bond motifs is 1. The van der Waals surface area contributed by atoms with Crippen LogP contribution in [0.25, 0.3) is 11.0 Å². The Labute approximate surface area is 176 Å². The second-order valence-corrected chi connectivity index (χ2v) is 10.2. The van der Waals surface area contributed by atoms with Gasteiger partial charge in [-0.05, 0) is 31.6 Å². The maximum absolute atomic E-state index is 12.6. The first-order chi connectivity index (χ1) is 14.0. The predicted octanol–water partition coefficient (Wildman–Crippen LogP) is 2.14. The first-order valence-electron chi connectivity index (χ1n) is 9.92. The van der Waals surface area contributed by atoms with Gasteiger partial charge >= 0.3 is 0 Å². The molecule has 4 heterocycles. The maximum Gasteiger partial charge on any atom is 0.229 e. The highest BCUT2D eigenvalue weighted by Crippen LogP contribution is 2.33. The average Bonchev–Trinajstić information content (AvgIpc) is 3.40. The predicted molar refractivity (Wildman–Crippen MR) is 115 cm³/mol. The first kappa shape index (κ1) is 20.7. The van der Waals surface area contributed by atoms with Crippen molar-refractivity contribution in [3.05, 3.63) is 24.8 Å². The summed E-state index contributed by atoms with van der Waals surface area (Å²) in [5.41, 5.74) is 1.56. The number of nitrogens with zero attached hydrogens (tertiary/aromatic N) is 7. The average molecular weight is 433 g/mol. The van der Waals surface area contributed by atoms with E-state index in [0.29, 0.717) is 25.6 Å². The highest BCUT2D eigenvalue weighted by Gasteiger charge is 2.41. The van der Waals surface area contributed by atoms with Gasteiger partial charge in [0.05, 0.1) is 28.7 Å². The molecule has 1 aliphatic carbocycles. The van der Waals surface area contributed by atoms with Gasteiger partial charge in [-0.1, -0.05) is 7.43 Å². The molecule has 3 aromatic rings. The van der Waals surface area contributed by atoms with Gasteiger partial charge in [-0.2, -0.15) is 15.2 Å². The van der Waals surface area contributed by atoms with Crippen LogP contribution in [0, 0.1) is 5.92 Å². The minimum atomic E-state index is -3.12. The molecule has 1 N–H and O–H groups in total. The van der Waals surface area contributed by atoms with E-state index in [9.17, 15) is 8.42 Å². The van der Waals surface area contributed by atoms with Gasteiger partial charge in [0.1, 0.15) is 0 Å². The Balaban J connectivity index is 0.00000218. The number of rotatable bonds is 6. The summed E-state index contributed by atoms with van der Waals surface area (Å²) >= 11 is 0. The van der Waals surface area contributed by atoms with Gasteiger partial charge in [0.2, 0.25) is 16.0 Å². The molecule has 3 aromatic heterocycles. The van der Waals surface area contributed by atoms with Crippen LogP contribution >= 0.6 is 0 Å². The maximum atomic E-state index is 12.6. The van der Waals surface area contributed by atoms with E-state index in [0.717, 1.165) is 42.4 Å². The van der Waals surface area contributed by atoms with Crippen LogP contribution in [0.1, 0.15) is 33.1 Å². The van der Waals surface area contributed by atoms with Crippen LogP contribution in [0.4, 0.5) is 11.6 Å². The lowest BCUT2D eigenvalue weighted by Gasteiger charge is -2.32. The Kier molecular flexibility index (Phi) is 5.49. The van der Waals surface area contributed by atoms with Gasteiger partial charge in [-0.3, -0.25) is 4.68 Å². The van der Waals surface area contributed by atoms with E-state index in [4.69, 9.17) is 0 Å². The summed E-state index contributed by atoms with van der Waals surface area (Å²) in [4.78, 5) is 8.96. The van der Waals surface area contributed by atoms with E-state index in [1.54, 1.807) is 27.6 Å². The molecule has 0 radical (unpaired) electrons. The highest BCUT2D eigenvalue weighted by molar-refractivity contribution is 7.90. The molecule has 162 valence electrons. The van der Waals surface area contributed by atoms with Gasteiger partial charge in [0, 0.05) is 39.1 Å². The largest absolute Gasteiger partial charge is 0.321 e. The Morgan fingerprint density at radius 1 is 1.17 bits per heavy atom. The second kappa shape index (κ2) is 7.95. The molecule has 0 amide bonds. The molecule has 10 nitrogen and oxygen atoms in total. The summed E-state index contributed by atoms with van der Waals surface area (Å²) in [6, 6.07) is 0. The summed E-state index contributed by atoms with van der Waals surface area (Å²) in [7, 11) is -1.27. The number of anilines is 2. The summed E-state index contributed by atoms with van der Waals surface area (Å²) in [6.45, 7) is 1.84. The van der Waals surface area contributed by atoms with Crippen LogP contribution in [0.5, 0.6) is 0 Å². The van der Waals surface area contributed by atoms with Crippen molar-refractivity contribution in [2.24, 2.45) is 13.0 Å². The molecule has 5 rings (SSSR count). The van der Waals surface area contributed by atoms with E-state index in [1.165, 1.54) is 0 Å². The van der Waals surface area contributed by atoms with Crippen LogP contribution in [-0.2, 0) is 23.6 Å². The lowest BCUT2D eigenvalue weighted by molar-refractivity contribution is 0.241. The van der Waals surface area contributed by atoms with Crippen molar-refractivity contribution in [3.63, 3.8) is 0 Å². The quantitative estimate of drug-likeness (QED) is 0.635. The number of nitrogens with one attached hydrogen (secondary N) is 1. The molecule has 1 aliphatic heterocycles. The fourth-order valence-electron chi connectivity index (χ4n) is 3.90. The van der Waals surface area contributed by atoms with Crippen LogP contribution < -0.4 is 5.32 Å². The summed E-state index contributed by atoms with van der Waals surface area (Å²) in [5, 5.41) is 12.5. The molecule has 0 bridgehead atoms. The van der Waals surface area contributed by atoms with Crippen molar-refractivity contribution in [2.45, 2.75) is 44.9 Å². The van der Waals surface area contributed by atoms with Gasteiger partial charge in [0.25, 0.3) is 0 Å². The Morgan fingerprint density at radius 2 is 2.00 bits per heavy atom. The van der Waals surface area contributed by atoms with E-state index in [1.807, 2.05) is 17.9 Å². The zero-order valence-corrected chi connectivity index (χ0v) is 17.1. The number of aryl methyl sites for hydroxylation is 1. The number of hydrogen-bond acceptors (Lipinski definition) is 7. The Hall–Kier alpha value is -2.53. The summed E-state index contributed by atoms with van der Waals surface area (Å²) < 4.78 is 30.4. The molecule has 1 saturated heterocycles. The van der Waals surface area contributed by atoms with E-state index < -0.39 is 10.0 Å². The molecule has 1 saturated carbocycles. The standard InChI is InChI=1S/C18H24N8O2S.CH4/c1-24-12-15(9-20-24)22-18-19-7-14-8-21-26(17(14)23-18)11-13-3-2-6-25(10-13)29(27,28)16-4-5-16;/h7-9,12-13,16H,2-6,10-11H2,1H3,(H,19,22,23);1H4. The van der Waals surface area contributed by atoms with Crippen molar-refractivity contribution in [3.8, 4) is 0 Å². The van der Waals surface area contributed by atoms with Crippen LogP contribution in [-0.4, -0.2) is 60.6 Å². The van der Waals surface area contributed by atoms with Crippen molar-refractivity contribution in [1.29, 1.82) is 0 Å². The monoisotopic (exact) mass is 432 g/mol. The summed E-state index contributed by atoms with van der Waals surface area (Å²) in [6.07, 6.45) is 10.5. The van der Waals surface area contributed by atoms with Crippen LogP contribution in [0.15, 0.2) is 24.8 Å². The molecule has 1 atom stereocenters. The normalized spacial score (nSPS) is 20.2. The van der Waals surface area contributed by atoms with Crippen molar-refractivity contribution in [2.75, 3.05) is 18.4 Å². The number of aromatic nitrogens is 6. The lowest BCUT2D eigenvalue weighted by Crippen LogP contribution is -2.42. The zero-order valence-electron chi connectivity index (χ0n) is 16.3. The first-order valence-corrected chi connectivity index (χ1v) is 11.4. The van der Waals surface area contributed by atoms with E-state index in [-0.39, 0.29) is 18.6 Å². The number of hydrogen-bond donors (Lipinski definition) is 1. The summed E-state index contributed by atoms with van der Waals surface area (Å²) in [5.74, 6) is 0.707. The van der Waals surface area contributed by atoms with E-state index in [2.05, 4.69) is 25.5 Å². The minimum absolute atomic E-state index is 0. The minimum Gasteiger partial charge on any atom is -0.321 e. The van der Waals surface area contributed by atoms with Gasteiger partial charge in [0.15, 0.2) is 5.65 Å². The molecule has 0 spiro atoms. The van der Waals surface area contributed by atoms with Crippen molar-refractivity contribution >= 4 is 32.7 Å². The molecular formula is C19H28N8O2S. The Morgan fingerprint density at radius 3 is 2.73 bits per heavy atom. The fourth-order valence-corrected chi connectivity index (χ4v) is 5.86. The molecule has 30 heavy (non-hydrogen) atoms. The lowest BCUT2D eigenvalue weighted by atomic mass is 10.00. The SMILES string of the molecule is C.Cn1cc(Nc2ncc3cnn(CC4CCCN(S(=O)(=O)C5CC5)C4)c3n2)cn1. The third-order valence-electron chi connectivity index (χ3n) is 5.56. The van der Waals surface area contributed by atoms with Gasteiger partial charge < -0.3 is 5.32 Å². The van der Waals surface area contributed by atoms with Crippen molar-refractivity contribution in [1.82, 2.24) is 33.8 Å². The van der Waals surface area contributed by atoms with Gasteiger partial charge in [-0.15, -0.1) is 0 Å².